The summed E-state index contributed by atoms with van der Waals surface area (Å²) >= 11 is 5.06. The molecule has 31 heavy (non-hydrogen) atoms. The van der Waals surface area contributed by atoms with Crippen LogP contribution < -0.4 is 0 Å². The van der Waals surface area contributed by atoms with Crippen LogP contribution >= 0.6 is 27.3 Å². The lowest BCUT2D eigenvalue weighted by molar-refractivity contribution is -0.133. The highest BCUT2D eigenvalue weighted by Crippen LogP contribution is 2.30. The maximum Gasteiger partial charge on any atom is 0.254 e. The number of benzene rings is 2. The first-order chi connectivity index (χ1) is 15.1. The molecule has 0 spiro atoms. The number of hydrogen-bond donors (Lipinski definition) is 0. The zero-order valence-electron chi connectivity index (χ0n) is 17.2. The van der Waals surface area contributed by atoms with Gasteiger partial charge in [0.15, 0.2) is 0 Å². The molecule has 1 aromatic heterocycles. The highest BCUT2D eigenvalue weighted by molar-refractivity contribution is 9.10. The smallest absolute Gasteiger partial charge is 0.254 e. The number of carbonyl (C=O) groups excluding carboxylic acids is 2. The first-order valence-electron chi connectivity index (χ1n) is 10.5. The SMILES string of the molecule is O=C(CN(CC1CC1)C(=O)c1ccc(Br)cc1)N(Cc1ccccc1)Cc1cccs1. The second kappa shape index (κ2) is 10.2. The summed E-state index contributed by atoms with van der Waals surface area (Å²) in [5.74, 6) is 0.402. The van der Waals surface area contributed by atoms with Crippen molar-refractivity contribution in [3.63, 3.8) is 0 Å². The molecule has 1 aliphatic rings. The average molecular weight is 497 g/mol. The van der Waals surface area contributed by atoms with E-state index in [0.717, 1.165) is 27.8 Å². The molecule has 1 saturated carbocycles. The highest BCUT2D eigenvalue weighted by Gasteiger charge is 2.29. The Morgan fingerprint density at radius 3 is 2.29 bits per heavy atom. The van der Waals surface area contributed by atoms with E-state index in [1.807, 2.05) is 77.0 Å². The van der Waals surface area contributed by atoms with Gasteiger partial charge in [-0.3, -0.25) is 9.59 Å². The third-order valence-electron chi connectivity index (χ3n) is 5.38. The van der Waals surface area contributed by atoms with E-state index in [4.69, 9.17) is 0 Å². The van der Waals surface area contributed by atoms with E-state index >= 15 is 0 Å². The van der Waals surface area contributed by atoms with E-state index in [1.54, 1.807) is 16.2 Å². The zero-order valence-corrected chi connectivity index (χ0v) is 19.6. The molecule has 0 saturated heterocycles. The van der Waals surface area contributed by atoms with E-state index in [2.05, 4.69) is 15.9 Å². The van der Waals surface area contributed by atoms with Gasteiger partial charge in [0.05, 0.1) is 6.54 Å². The lowest BCUT2D eigenvalue weighted by Gasteiger charge is -2.28. The summed E-state index contributed by atoms with van der Waals surface area (Å²) in [5, 5.41) is 2.02. The summed E-state index contributed by atoms with van der Waals surface area (Å²) in [5.41, 5.74) is 1.70. The van der Waals surface area contributed by atoms with Crippen LogP contribution in [0.1, 0.15) is 33.6 Å². The Balaban J connectivity index is 1.51. The molecule has 160 valence electrons. The standard InChI is InChI=1S/C25H25BrN2O2S/c26-22-12-10-21(11-13-22)25(30)28(16-20-8-9-20)18-24(29)27(17-23-7-4-14-31-23)15-19-5-2-1-3-6-19/h1-7,10-14,20H,8-9,15-18H2. The van der Waals surface area contributed by atoms with Gasteiger partial charge >= 0.3 is 0 Å². The van der Waals surface area contributed by atoms with Crippen molar-refractivity contribution in [3.8, 4) is 0 Å². The molecule has 4 rings (SSSR count). The van der Waals surface area contributed by atoms with Crippen molar-refractivity contribution < 1.29 is 9.59 Å². The highest BCUT2D eigenvalue weighted by atomic mass is 79.9. The van der Waals surface area contributed by atoms with E-state index in [1.165, 1.54) is 0 Å². The Labute approximate surface area is 195 Å². The second-order valence-electron chi connectivity index (χ2n) is 7.95. The van der Waals surface area contributed by atoms with Gasteiger partial charge in [-0.15, -0.1) is 11.3 Å². The van der Waals surface area contributed by atoms with Gasteiger partial charge in [-0.2, -0.15) is 0 Å². The van der Waals surface area contributed by atoms with Crippen LogP contribution in [-0.2, 0) is 17.9 Å². The topological polar surface area (TPSA) is 40.6 Å². The van der Waals surface area contributed by atoms with E-state index < -0.39 is 0 Å². The summed E-state index contributed by atoms with van der Waals surface area (Å²) in [6.45, 7) is 1.82. The third kappa shape index (κ3) is 6.28. The van der Waals surface area contributed by atoms with Crippen molar-refractivity contribution in [1.29, 1.82) is 0 Å². The maximum atomic E-state index is 13.4. The molecule has 1 heterocycles. The molecule has 0 atom stereocenters. The minimum Gasteiger partial charge on any atom is -0.332 e. The van der Waals surface area contributed by atoms with Gasteiger partial charge in [0.2, 0.25) is 5.91 Å². The van der Waals surface area contributed by atoms with Crippen LogP contribution in [-0.4, -0.2) is 34.7 Å². The van der Waals surface area contributed by atoms with Crippen molar-refractivity contribution >= 4 is 39.1 Å². The minimum absolute atomic E-state index is 0.0247. The van der Waals surface area contributed by atoms with Gasteiger partial charge in [-0.25, -0.2) is 0 Å². The largest absolute Gasteiger partial charge is 0.332 e. The molecule has 0 aliphatic heterocycles. The number of amides is 2. The summed E-state index contributed by atoms with van der Waals surface area (Å²) in [4.78, 5) is 31.3. The fourth-order valence-corrected chi connectivity index (χ4v) is 4.48. The molecular weight excluding hydrogens is 472 g/mol. The maximum absolute atomic E-state index is 13.4. The molecule has 0 unspecified atom stereocenters. The Kier molecular flexibility index (Phi) is 7.20. The number of hydrogen-bond acceptors (Lipinski definition) is 3. The molecule has 2 aromatic carbocycles. The lowest BCUT2D eigenvalue weighted by atomic mass is 10.1. The number of thiophene rings is 1. The van der Waals surface area contributed by atoms with Crippen LogP contribution in [0.25, 0.3) is 0 Å². The van der Waals surface area contributed by atoms with Gasteiger partial charge < -0.3 is 9.80 Å². The van der Waals surface area contributed by atoms with E-state index in [9.17, 15) is 9.59 Å². The predicted molar refractivity (Wildman–Crippen MR) is 128 cm³/mol. The summed E-state index contributed by atoms with van der Waals surface area (Å²) in [7, 11) is 0. The van der Waals surface area contributed by atoms with Gasteiger partial charge in [0.1, 0.15) is 6.54 Å². The summed E-state index contributed by atoms with van der Waals surface area (Å²) in [6.07, 6.45) is 2.25. The molecule has 0 bridgehead atoms. The third-order valence-corrected chi connectivity index (χ3v) is 6.77. The van der Waals surface area contributed by atoms with Crippen molar-refractivity contribution in [3.05, 3.63) is 92.6 Å². The van der Waals surface area contributed by atoms with Gasteiger partial charge in [-0.1, -0.05) is 52.3 Å². The molecule has 1 aliphatic carbocycles. The van der Waals surface area contributed by atoms with Gasteiger partial charge in [0.25, 0.3) is 5.91 Å². The molecule has 4 nitrogen and oxygen atoms in total. The number of rotatable bonds is 9. The monoisotopic (exact) mass is 496 g/mol. The van der Waals surface area contributed by atoms with Gasteiger partial charge in [-0.05, 0) is 60.0 Å². The molecule has 2 amide bonds. The van der Waals surface area contributed by atoms with E-state index in [-0.39, 0.29) is 18.4 Å². The molecule has 6 heteroatoms. The van der Waals surface area contributed by atoms with Crippen LogP contribution in [0.4, 0.5) is 0 Å². The summed E-state index contributed by atoms with van der Waals surface area (Å²) < 4.78 is 0.929. The average Bonchev–Trinajstić information content (AvgIpc) is 3.45. The first kappa shape index (κ1) is 21.8. The van der Waals surface area contributed by atoms with Crippen LogP contribution in [0.3, 0.4) is 0 Å². The van der Waals surface area contributed by atoms with Crippen molar-refractivity contribution in [1.82, 2.24) is 9.80 Å². The zero-order chi connectivity index (χ0) is 21.6. The molecule has 1 fully saturated rings. The molecule has 0 N–H and O–H groups in total. The van der Waals surface area contributed by atoms with Crippen LogP contribution in [0.5, 0.6) is 0 Å². The van der Waals surface area contributed by atoms with Crippen molar-refractivity contribution in [2.75, 3.05) is 13.1 Å². The summed E-state index contributed by atoms with van der Waals surface area (Å²) in [6, 6.07) is 21.4. The van der Waals surface area contributed by atoms with Crippen LogP contribution in [0.15, 0.2) is 76.6 Å². The predicted octanol–water partition coefficient (Wildman–Crippen LogP) is 5.59. The Morgan fingerprint density at radius 1 is 0.903 bits per heavy atom. The number of nitrogens with zero attached hydrogens (tertiary/aromatic N) is 2. The number of halogens is 1. The lowest BCUT2D eigenvalue weighted by Crippen LogP contribution is -2.43. The van der Waals surface area contributed by atoms with Crippen molar-refractivity contribution in [2.24, 2.45) is 5.92 Å². The molecule has 3 aromatic rings. The Bertz CT molecular complexity index is 1000. The normalized spacial score (nSPS) is 13.1. The van der Waals surface area contributed by atoms with Crippen LogP contribution in [0.2, 0.25) is 0 Å². The number of carbonyl (C=O) groups is 2. The van der Waals surface area contributed by atoms with Crippen LogP contribution in [0, 0.1) is 5.92 Å². The quantitative estimate of drug-likeness (QED) is 0.387. The minimum atomic E-state index is -0.0801. The second-order valence-corrected chi connectivity index (χ2v) is 9.90. The Morgan fingerprint density at radius 2 is 1.65 bits per heavy atom. The molecular formula is C25H25BrN2O2S. The Hall–Kier alpha value is -2.44. The van der Waals surface area contributed by atoms with Gasteiger partial charge in [0, 0.05) is 28.0 Å². The fraction of sp³-hybridized carbons (Fsp3) is 0.280. The first-order valence-corrected chi connectivity index (χ1v) is 12.1. The van der Waals surface area contributed by atoms with E-state index in [0.29, 0.717) is 31.1 Å². The van der Waals surface area contributed by atoms with Crippen molar-refractivity contribution in [2.45, 2.75) is 25.9 Å². The fourth-order valence-electron chi connectivity index (χ4n) is 3.50. The molecule has 0 radical (unpaired) electrons.